The van der Waals surface area contributed by atoms with Gasteiger partial charge in [0.2, 0.25) is 5.95 Å². The molecule has 4 rings (SSSR count). The van der Waals surface area contributed by atoms with E-state index in [0.717, 1.165) is 58.4 Å². The van der Waals surface area contributed by atoms with Crippen LogP contribution in [-0.2, 0) is 0 Å². The third-order valence-corrected chi connectivity index (χ3v) is 4.81. The topological polar surface area (TPSA) is 69.7 Å². The molecule has 4 heterocycles. The highest BCUT2D eigenvalue weighted by Gasteiger charge is 2.20. The largest absolute Gasteiger partial charge is 0.373 e. The molecule has 0 amide bonds. The molecule has 2 N–H and O–H groups in total. The van der Waals surface area contributed by atoms with Gasteiger partial charge in [-0.15, -0.1) is 0 Å². The lowest BCUT2D eigenvalue weighted by Crippen LogP contribution is -2.21. The van der Waals surface area contributed by atoms with Crippen LogP contribution >= 0.6 is 0 Å². The van der Waals surface area contributed by atoms with Gasteiger partial charge in [0.1, 0.15) is 11.5 Å². The fourth-order valence-electron chi connectivity index (χ4n) is 3.30. The molecule has 0 aliphatic carbocycles. The maximum Gasteiger partial charge on any atom is 0.226 e. The van der Waals surface area contributed by atoms with Gasteiger partial charge >= 0.3 is 0 Å². The van der Waals surface area contributed by atoms with Gasteiger partial charge in [0, 0.05) is 43.0 Å². The molecule has 0 radical (unpaired) electrons. The summed E-state index contributed by atoms with van der Waals surface area (Å²) in [7, 11) is 1.88. The van der Waals surface area contributed by atoms with Gasteiger partial charge in [-0.1, -0.05) is 0 Å². The minimum atomic E-state index is 0.832. The molecule has 0 spiro atoms. The molecule has 1 fully saturated rings. The monoisotopic (exact) mass is 322 g/mol. The minimum Gasteiger partial charge on any atom is -0.373 e. The van der Waals surface area contributed by atoms with Gasteiger partial charge < -0.3 is 15.2 Å². The predicted octanol–water partition coefficient (Wildman–Crippen LogP) is 3.28. The number of H-pyrrole nitrogens is 1. The molecule has 0 saturated carbocycles. The zero-order chi connectivity index (χ0) is 16.7. The number of pyridine rings is 1. The third-order valence-electron chi connectivity index (χ3n) is 4.81. The second-order valence-electron chi connectivity index (χ2n) is 6.32. The van der Waals surface area contributed by atoms with Gasteiger partial charge in [-0.05, 0) is 44.4 Å². The summed E-state index contributed by atoms with van der Waals surface area (Å²) in [6, 6.07) is 4.13. The molecule has 6 nitrogen and oxygen atoms in total. The molecule has 6 heteroatoms. The first kappa shape index (κ1) is 14.9. The molecular weight excluding hydrogens is 300 g/mol. The van der Waals surface area contributed by atoms with Crippen LogP contribution in [0.2, 0.25) is 0 Å². The molecule has 1 aliphatic heterocycles. The van der Waals surface area contributed by atoms with Gasteiger partial charge in [0.05, 0.1) is 5.69 Å². The highest BCUT2D eigenvalue weighted by atomic mass is 15.3. The second-order valence-corrected chi connectivity index (χ2v) is 6.32. The number of nitrogens with zero attached hydrogens (tertiary/aromatic N) is 4. The standard InChI is InChI=1S/C18H22N6/c1-11-12(2)21-18(24-8-4-5-9-24)23-16(11)14-10-15(19-3)22-17-13(14)6-7-20-17/h6-7,10H,4-5,8-9H2,1-3H3,(H2,19,20,22). The number of hydrogen-bond acceptors (Lipinski definition) is 5. The molecule has 1 saturated heterocycles. The Labute approximate surface area is 141 Å². The van der Waals surface area contributed by atoms with Crippen molar-refractivity contribution in [2.75, 3.05) is 30.4 Å². The van der Waals surface area contributed by atoms with E-state index in [1.54, 1.807) is 0 Å². The van der Waals surface area contributed by atoms with Crippen LogP contribution in [0.5, 0.6) is 0 Å². The average Bonchev–Trinajstić information content (AvgIpc) is 3.27. The summed E-state index contributed by atoms with van der Waals surface area (Å²) >= 11 is 0. The minimum absolute atomic E-state index is 0.832. The van der Waals surface area contributed by atoms with Crippen LogP contribution in [0.15, 0.2) is 18.3 Å². The van der Waals surface area contributed by atoms with Gasteiger partial charge in [-0.25, -0.2) is 15.0 Å². The Morgan fingerprint density at radius 1 is 1.12 bits per heavy atom. The SMILES string of the molecule is CNc1cc(-c2nc(N3CCCC3)nc(C)c2C)c2cc[nH]c2n1. The Morgan fingerprint density at radius 2 is 1.92 bits per heavy atom. The summed E-state index contributed by atoms with van der Waals surface area (Å²) in [6.45, 7) is 6.24. The highest BCUT2D eigenvalue weighted by Crippen LogP contribution is 2.33. The highest BCUT2D eigenvalue weighted by molar-refractivity contribution is 5.94. The van der Waals surface area contributed by atoms with Crippen LogP contribution in [0.25, 0.3) is 22.3 Å². The summed E-state index contributed by atoms with van der Waals surface area (Å²) in [5.74, 6) is 1.68. The van der Waals surface area contributed by atoms with Crippen LogP contribution in [0, 0.1) is 13.8 Å². The summed E-state index contributed by atoms with van der Waals surface area (Å²) in [6.07, 6.45) is 4.35. The molecule has 1 aliphatic rings. The normalized spacial score (nSPS) is 14.5. The van der Waals surface area contributed by atoms with Crippen LogP contribution in [-0.4, -0.2) is 40.1 Å². The van der Waals surface area contributed by atoms with E-state index in [0.29, 0.717) is 0 Å². The lowest BCUT2D eigenvalue weighted by atomic mass is 10.0. The zero-order valence-corrected chi connectivity index (χ0v) is 14.3. The second kappa shape index (κ2) is 5.78. The number of nitrogens with one attached hydrogen (secondary N) is 2. The van der Waals surface area contributed by atoms with Crippen molar-refractivity contribution in [3.8, 4) is 11.3 Å². The number of hydrogen-bond donors (Lipinski definition) is 2. The van der Waals surface area contributed by atoms with Gasteiger partial charge in [-0.3, -0.25) is 0 Å². The van der Waals surface area contributed by atoms with Crippen molar-refractivity contribution >= 4 is 22.8 Å². The van der Waals surface area contributed by atoms with Crippen LogP contribution in [0.3, 0.4) is 0 Å². The Kier molecular flexibility index (Phi) is 3.59. The Hall–Kier alpha value is -2.63. The van der Waals surface area contributed by atoms with E-state index in [-0.39, 0.29) is 0 Å². The Morgan fingerprint density at radius 3 is 2.67 bits per heavy atom. The smallest absolute Gasteiger partial charge is 0.226 e. The maximum atomic E-state index is 4.94. The molecule has 0 aromatic carbocycles. The van der Waals surface area contributed by atoms with E-state index >= 15 is 0 Å². The number of aromatic amines is 1. The van der Waals surface area contributed by atoms with Crippen molar-refractivity contribution in [1.82, 2.24) is 19.9 Å². The third kappa shape index (κ3) is 2.38. The summed E-state index contributed by atoms with van der Waals surface area (Å²) in [5.41, 5.74) is 5.11. The van der Waals surface area contributed by atoms with E-state index in [2.05, 4.69) is 46.2 Å². The van der Waals surface area contributed by atoms with E-state index < -0.39 is 0 Å². The molecule has 124 valence electrons. The average molecular weight is 322 g/mol. The van der Waals surface area contributed by atoms with Crippen molar-refractivity contribution in [2.45, 2.75) is 26.7 Å². The lowest BCUT2D eigenvalue weighted by Gasteiger charge is -2.19. The van der Waals surface area contributed by atoms with Crippen molar-refractivity contribution in [2.24, 2.45) is 0 Å². The van der Waals surface area contributed by atoms with E-state index in [4.69, 9.17) is 9.97 Å². The maximum absolute atomic E-state index is 4.94. The van der Waals surface area contributed by atoms with E-state index in [1.165, 1.54) is 12.8 Å². The molecule has 3 aromatic rings. The molecular formula is C18H22N6. The molecule has 0 unspecified atom stereocenters. The fourth-order valence-corrected chi connectivity index (χ4v) is 3.30. The predicted molar refractivity (Wildman–Crippen MR) is 97.6 cm³/mol. The number of aromatic nitrogens is 4. The first-order valence-electron chi connectivity index (χ1n) is 8.44. The number of anilines is 2. The van der Waals surface area contributed by atoms with Crippen molar-refractivity contribution in [3.63, 3.8) is 0 Å². The van der Waals surface area contributed by atoms with Crippen LogP contribution in [0.1, 0.15) is 24.1 Å². The number of aryl methyl sites for hydroxylation is 1. The Balaban J connectivity index is 1.94. The van der Waals surface area contributed by atoms with Crippen molar-refractivity contribution in [1.29, 1.82) is 0 Å². The van der Waals surface area contributed by atoms with Gasteiger partial charge in [-0.2, -0.15) is 0 Å². The van der Waals surface area contributed by atoms with Crippen molar-refractivity contribution in [3.05, 3.63) is 29.6 Å². The molecule has 24 heavy (non-hydrogen) atoms. The summed E-state index contributed by atoms with van der Waals surface area (Å²) in [5, 5.41) is 4.22. The summed E-state index contributed by atoms with van der Waals surface area (Å²) < 4.78 is 0. The van der Waals surface area contributed by atoms with E-state index in [9.17, 15) is 0 Å². The Bertz CT molecular complexity index is 892. The quantitative estimate of drug-likeness (QED) is 0.774. The lowest BCUT2D eigenvalue weighted by molar-refractivity contribution is 0.885. The first-order valence-corrected chi connectivity index (χ1v) is 8.44. The molecule has 0 atom stereocenters. The van der Waals surface area contributed by atoms with Crippen LogP contribution < -0.4 is 10.2 Å². The molecule has 0 bridgehead atoms. The fraction of sp³-hybridized carbons (Fsp3) is 0.389. The van der Waals surface area contributed by atoms with E-state index in [1.807, 2.05) is 13.2 Å². The summed E-state index contributed by atoms with van der Waals surface area (Å²) in [4.78, 5) is 19.7. The number of rotatable bonds is 3. The molecule has 3 aromatic heterocycles. The van der Waals surface area contributed by atoms with Gasteiger partial charge in [0.15, 0.2) is 0 Å². The first-order chi connectivity index (χ1) is 11.7. The number of fused-ring (bicyclic) bond motifs is 1. The zero-order valence-electron chi connectivity index (χ0n) is 14.3. The van der Waals surface area contributed by atoms with Crippen LogP contribution in [0.4, 0.5) is 11.8 Å². The van der Waals surface area contributed by atoms with Gasteiger partial charge in [0.25, 0.3) is 0 Å². The van der Waals surface area contributed by atoms with Crippen molar-refractivity contribution < 1.29 is 0 Å².